The van der Waals surface area contributed by atoms with E-state index in [1.54, 1.807) is 0 Å². The fourth-order valence-corrected chi connectivity index (χ4v) is 2.82. The number of quaternary nitrogens is 1. The third-order valence-electron chi connectivity index (χ3n) is 4.31. The molecule has 0 rings (SSSR count). The lowest BCUT2D eigenvalue weighted by atomic mass is 10.1. The second-order valence-corrected chi connectivity index (χ2v) is 7.02. The molecule has 0 fully saturated rings. The van der Waals surface area contributed by atoms with Crippen LogP contribution in [0, 0.1) is 0 Å². The molecule has 0 spiro atoms. The molecule has 0 radical (unpaired) electrons. The molecule has 0 aliphatic carbocycles. The van der Waals surface area contributed by atoms with Crippen LogP contribution in [0.5, 0.6) is 0 Å². The first kappa shape index (κ1) is 19.9. The van der Waals surface area contributed by atoms with Crippen molar-refractivity contribution >= 4 is 0 Å². The molecule has 20 heavy (non-hydrogen) atoms. The molecule has 0 bridgehead atoms. The number of hydrogen-bond donors (Lipinski definition) is 1. The summed E-state index contributed by atoms with van der Waals surface area (Å²) < 4.78 is 1.19. The molecule has 0 aromatic rings. The molecule has 0 heterocycles. The van der Waals surface area contributed by atoms with Crippen LogP contribution in [0.25, 0.3) is 0 Å². The van der Waals surface area contributed by atoms with Gasteiger partial charge in [0.1, 0.15) is 0 Å². The van der Waals surface area contributed by atoms with Gasteiger partial charge in [-0.25, -0.2) is 0 Å². The van der Waals surface area contributed by atoms with Gasteiger partial charge in [-0.2, -0.15) is 0 Å². The average molecular weight is 286 g/mol. The van der Waals surface area contributed by atoms with Crippen LogP contribution in [0.3, 0.4) is 0 Å². The molecule has 0 atom stereocenters. The highest BCUT2D eigenvalue weighted by molar-refractivity contribution is 4.48. The van der Waals surface area contributed by atoms with E-state index in [0.717, 1.165) is 6.54 Å². The van der Waals surface area contributed by atoms with Gasteiger partial charge in [0.25, 0.3) is 0 Å². The molecule has 0 aromatic heterocycles. The Bertz CT molecular complexity index is 190. The fraction of sp³-hybridized carbons (Fsp3) is 1.00. The molecule has 0 unspecified atom stereocenters. The first-order chi connectivity index (χ1) is 9.62. The SMILES string of the molecule is CCCCCCCCCCCC[N+](C)(C)CCCNC. The highest BCUT2D eigenvalue weighted by Gasteiger charge is 2.13. The maximum Gasteiger partial charge on any atom is 0.0794 e. The number of unbranched alkanes of at least 4 members (excludes halogenated alkanes) is 9. The zero-order chi connectivity index (χ0) is 15.1. The molecule has 2 nitrogen and oxygen atoms in total. The standard InChI is InChI=1S/C18H41N2/c1-5-6-7-8-9-10-11-12-13-14-17-20(3,4)18-15-16-19-2/h19H,5-18H2,1-4H3/q+1. The topological polar surface area (TPSA) is 12.0 Å². The summed E-state index contributed by atoms with van der Waals surface area (Å²) in [6, 6.07) is 0. The summed E-state index contributed by atoms with van der Waals surface area (Å²) in [7, 11) is 6.80. The predicted molar refractivity (Wildman–Crippen MR) is 92.2 cm³/mol. The van der Waals surface area contributed by atoms with Crippen molar-refractivity contribution in [1.82, 2.24) is 5.32 Å². The van der Waals surface area contributed by atoms with Gasteiger partial charge < -0.3 is 9.80 Å². The first-order valence-electron chi connectivity index (χ1n) is 9.09. The van der Waals surface area contributed by atoms with Gasteiger partial charge in [0.15, 0.2) is 0 Å². The van der Waals surface area contributed by atoms with E-state index in [-0.39, 0.29) is 0 Å². The quantitative estimate of drug-likeness (QED) is 0.343. The lowest BCUT2D eigenvalue weighted by Gasteiger charge is -2.29. The van der Waals surface area contributed by atoms with Crippen molar-refractivity contribution in [3.8, 4) is 0 Å². The summed E-state index contributed by atoms with van der Waals surface area (Å²) in [4.78, 5) is 0. The van der Waals surface area contributed by atoms with E-state index in [4.69, 9.17) is 0 Å². The van der Waals surface area contributed by atoms with Crippen LogP contribution in [0.15, 0.2) is 0 Å². The monoisotopic (exact) mass is 285 g/mol. The van der Waals surface area contributed by atoms with Crippen molar-refractivity contribution in [2.45, 2.75) is 77.6 Å². The molecule has 122 valence electrons. The lowest BCUT2D eigenvalue weighted by molar-refractivity contribution is -0.890. The Labute approximate surface area is 128 Å². The van der Waals surface area contributed by atoms with Gasteiger partial charge in [0.05, 0.1) is 27.2 Å². The van der Waals surface area contributed by atoms with Crippen molar-refractivity contribution in [3.05, 3.63) is 0 Å². The lowest BCUT2D eigenvalue weighted by Crippen LogP contribution is -2.42. The smallest absolute Gasteiger partial charge is 0.0794 e. The molecule has 0 saturated heterocycles. The van der Waals surface area contributed by atoms with Crippen LogP contribution in [-0.2, 0) is 0 Å². The van der Waals surface area contributed by atoms with Crippen molar-refractivity contribution in [3.63, 3.8) is 0 Å². The van der Waals surface area contributed by atoms with Gasteiger partial charge in [-0.05, 0) is 19.9 Å². The molecule has 1 N–H and O–H groups in total. The molecular formula is C18H41N2+. The van der Waals surface area contributed by atoms with Crippen molar-refractivity contribution in [2.24, 2.45) is 0 Å². The Morgan fingerprint density at radius 3 is 1.60 bits per heavy atom. The predicted octanol–water partition coefficient (Wildman–Crippen LogP) is 4.59. The molecular weight excluding hydrogens is 244 g/mol. The van der Waals surface area contributed by atoms with Crippen molar-refractivity contribution in [2.75, 3.05) is 40.8 Å². The van der Waals surface area contributed by atoms with Crippen LogP contribution < -0.4 is 5.32 Å². The highest BCUT2D eigenvalue weighted by atomic mass is 15.3. The van der Waals surface area contributed by atoms with Gasteiger partial charge in [0.2, 0.25) is 0 Å². The minimum Gasteiger partial charge on any atom is -0.328 e. The summed E-state index contributed by atoms with van der Waals surface area (Å²) in [5, 5.41) is 3.24. The summed E-state index contributed by atoms with van der Waals surface area (Å²) >= 11 is 0. The second kappa shape index (κ2) is 13.9. The van der Waals surface area contributed by atoms with E-state index in [2.05, 4.69) is 26.3 Å². The molecule has 0 aliphatic heterocycles. The van der Waals surface area contributed by atoms with Crippen LogP contribution in [-0.4, -0.2) is 45.3 Å². The van der Waals surface area contributed by atoms with E-state index in [1.807, 2.05) is 7.05 Å². The fourth-order valence-electron chi connectivity index (χ4n) is 2.82. The Kier molecular flexibility index (Phi) is 13.8. The highest BCUT2D eigenvalue weighted by Crippen LogP contribution is 2.11. The first-order valence-corrected chi connectivity index (χ1v) is 9.09. The number of hydrogen-bond acceptors (Lipinski definition) is 1. The molecule has 2 heteroatoms. The Morgan fingerprint density at radius 1 is 0.650 bits per heavy atom. The summed E-state index contributed by atoms with van der Waals surface area (Å²) in [5.41, 5.74) is 0. The molecule has 0 aromatic carbocycles. The Morgan fingerprint density at radius 2 is 1.10 bits per heavy atom. The zero-order valence-electron chi connectivity index (χ0n) is 14.8. The third kappa shape index (κ3) is 14.3. The van der Waals surface area contributed by atoms with Crippen LogP contribution in [0.2, 0.25) is 0 Å². The van der Waals surface area contributed by atoms with Gasteiger partial charge in [0, 0.05) is 13.0 Å². The molecule has 0 saturated carbocycles. The Hall–Kier alpha value is -0.0800. The van der Waals surface area contributed by atoms with E-state index >= 15 is 0 Å². The van der Waals surface area contributed by atoms with Crippen LogP contribution in [0.1, 0.15) is 77.6 Å². The normalized spacial score (nSPS) is 12.0. The van der Waals surface area contributed by atoms with Gasteiger partial charge in [-0.15, -0.1) is 0 Å². The van der Waals surface area contributed by atoms with Crippen LogP contribution >= 0.6 is 0 Å². The van der Waals surface area contributed by atoms with E-state index < -0.39 is 0 Å². The van der Waals surface area contributed by atoms with Gasteiger partial charge >= 0.3 is 0 Å². The number of nitrogens with one attached hydrogen (secondary N) is 1. The van der Waals surface area contributed by atoms with Gasteiger partial charge in [-0.3, -0.25) is 0 Å². The van der Waals surface area contributed by atoms with E-state index in [1.165, 1.54) is 88.2 Å². The van der Waals surface area contributed by atoms with Crippen molar-refractivity contribution < 1.29 is 4.48 Å². The third-order valence-corrected chi connectivity index (χ3v) is 4.31. The minimum atomic E-state index is 1.15. The van der Waals surface area contributed by atoms with E-state index in [9.17, 15) is 0 Å². The van der Waals surface area contributed by atoms with Gasteiger partial charge in [-0.1, -0.05) is 58.3 Å². The summed E-state index contributed by atoms with van der Waals surface area (Å²) in [5.74, 6) is 0. The Balaban J connectivity index is 3.25. The maximum atomic E-state index is 3.24. The van der Waals surface area contributed by atoms with Crippen molar-refractivity contribution in [1.29, 1.82) is 0 Å². The average Bonchev–Trinajstić information content (AvgIpc) is 2.41. The number of nitrogens with zero attached hydrogens (tertiary/aromatic N) is 1. The molecule has 0 amide bonds. The van der Waals surface area contributed by atoms with Crippen LogP contribution in [0.4, 0.5) is 0 Å². The minimum absolute atomic E-state index is 1.15. The van der Waals surface area contributed by atoms with E-state index in [0.29, 0.717) is 0 Å². The second-order valence-electron chi connectivity index (χ2n) is 7.02. The summed E-state index contributed by atoms with van der Waals surface area (Å²) in [6.45, 7) is 6.09. The summed E-state index contributed by atoms with van der Waals surface area (Å²) in [6.07, 6.45) is 15.7. The maximum absolute atomic E-state index is 3.24. The molecule has 0 aliphatic rings. The number of rotatable bonds is 15. The largest absolute Gasteiger partial charge is 0.328 e. The zero-order valence-corrected chi connectivity index (χ0v) is 14.8.